The normalized spacial score (nSPS) is 26.1. The first kappa shape index (κ1) is 13.7. The van der Waals surface area contributed by atoms with Gasteiger partial charge >= 0.3 is 5.51 Å². The summed E-state index contributed by atoms with van der Waals surface area (Å²) >= 11 is -0.0767. The minimum absolute atomic E-state index is 0.0767. The van der Waals surface area contributed by atoms with E-state index in [0.29, 0.717) is 18.4 Å². The van der Waals surface area contributed by atoms with Crippen molar-refractivity contribution in [3.8, 4) is 0 Å². The van der Waals surface area contributed by atoms with E-state index < -0.39 is 5.51 Å². The standard InChI is InChI=1S/C13H16F3NS/c1-12(2)10(7-17)11(12)8-3-5-9(6-4-8)18-13(14,15)16/h3-6,10-11H,7,17H2,1-2H3/t10-,11-/m1/s1. The molecule has 2 N–H and O–H groups in total. The summed E-state index contributed by atoms with van der Waals surface area (Å²) in [5, 5.41) is 0. The van der Waals surface area contributed by atoms with Crippen LogP contribution >= 0.6 is 11.8 Å². The van der Waals surface area contributed by atoms with Gasteiger partial charge in [-0.15, -0.1) is 0 Å². The van der Waals surface area contributed by atoms with E-state index in [-0.39, 0.29) is 22.1 Å². The number of rotatable bonds is 3. The molecule has 0 saturated heterocycles. The molecule has 0 aliphatic heterocycles. The molecule has 5 heteroatoms. The molecule has 1 aromatic rings. The lowest BCUT2D eigenvalue weighted by molar-refractivity contribution is -0.0328. The summed E-state index contributed by atoms with van der Waals surface area (Å²) in [6, 6.07) is 6.65. The fourth-order valence-electron chi connectivity index (χ4n) is 2.72. The Morgan fingerprint density at radius 2 is 1.78 bits per heavy atom. The third-order valence-corrected chi connectivity index (χ3v) is 4.52. The molecule has 1 saturated carbocycles. The van der Waals surface area contributed by atoms with Gasteiger partial charge in [0.15, 0.2) is 0 Å². The van der Waals surface area contributed by atoms with Crippen LogP contribution in [0.25, 0.3) is 0 Å². The number of halogens is 3. The van der Waals surface area contributed by atoms with Crippen LogP contribution in [0.15, 0.2) is 29.2 Å². The van der Waals surface area contributed by atoms with Gasteiger partial charge in [0.1, 0.15) is 0 Å². The SMILES string of the molecule is CC1(C)[C@H](CN)[C@H]1c1ccc(SC(F)(F)F)cc1. The van der Waals surface area contributed by atoms with Crippen molar-refractivity contribution in [3.63, 3.8) is 0 Å². The minimum Gasteiger partial charge on any atom is -0.330 e. The third kappa shape index (κ3) is 2.67. The number of hydrogen-bond donors (Lipinski definition) is 1. The maximum Gasteiger partial charge on any atom is 0.446 e. The van der Waals surface area contributed by atoms with Crippen molar-refractivity contribution < 1.29 is 13.2 Å². The summed E-state index contributed by atoms with van der Waals surface area (Å²) in [4.78, 5) is 0.231. The van der Waals surface area contributed by atoms with E-state index in [4.69, 9.17) is 5.73 Å². The summed E-state index contributed by atoms with van der Waals surface area (Å²) in [5.41, 5.74) is 2.72. The second kappa shape index (κ2) is 4.46. The summed E-state index contributed by atoms with van der Waals surface area (Å²) in [6.45, 7) is 4.91. The topological polar surface area (TPSA) is 26.0 Å². The zero-order chi connectivity index (χ0) is 13.6. The second-order valence-corrected chi connectivity index (χ2v) is 6.40. The van der Waals surface area contributed by atoms with Crippen molar-refractivity contribution >= 4 is 11.8 Å². The van der Waals surface area contributed by atoms with Crippen molar-refractivity contribution in [3.05, 3.63) is 29.8 Å². The number of alkyl halides is 3. The Bertz CT molecular complexity index is 425. The molecule has 1 nitrogen and oxygen atoms in total. The molecule has 0 amide bonds. The highest BCUT2D eigenvalue weighted by molar-refractivity contribution is 8.00. The summed E-state index contributed by atoms with van der Waals surface area (Å²) in [5.74, 6) is 0.797. The van der Waals surface area contributed by atoms with Crippen LogP contribution < -0.4 is 5.73 Å². The molecule has 18 heavy (non-hydrogen) atoms. The lowest BCUT2D eigenvalue weighted by Crippen LogP contribution is -2.05. The maximum atomic E-state index is 12.2. The van der Waals surface area contributed by atoms with E-state index in [1.807, 2.05) is 0 Å². The van der Waals surface area contributed by atoms with E-state index in [0.717, 1.165) is 5.56 Å². The van der Waals surface area contributed by atoms with E-state index in [1.165, 1.54) is 12.1 Å². The Morgan fingerprint density at radius 3 is 2.17 bits per heavy atom. The van der Waals surface area contributed by atoms with Gasteiger partial charge < -0.3 is 5.73 Å². The molecule has 0 radical (unpaired) electrons. The van der Waals surface area contributed by atoms with Crippen LogP contribution in [-0.2, 0) is 0 Å². The first-order valence-corrected chi connectivity index (χ1v) is 6.63. The van der Waals surface area contributed by atoms with Gasteiger partial charge in [0.2, 0.25) is 0 Å². The Hall–Kier alpha value is -0.680. The van der Waals surface area contributed by atoms with Crippen LogP contribution in [0.4, 0.5) is 13.2 Å². The second-order valence-electron chi connectivity index (χ2n) is 5.26. The molecule has 0 spiro atoms. The number of benzene rings is 1. The van der Waals surface area contributed by atoms with Gasteiger partial charge in [0.05, 0.1) is 0 Å². The average molecular weight is 275 g/mol. The van der Waals surface area contributed by atoms with Gasteiger partial charge in [0, 0.05) is 4.90 Å². The van der Waals surface area contributed by atoms with Crippen molar-refractivity contribution in [1.29, 1.82) is 0 Å². The van der Waals surface area contributed by atoms with E-state index in [1.54, 1.807) is 12.1 Å². The summed E-state index contributed by atoms with van der Waals surface area (Å²) in [6.07, 6.45) is 0. The Balaban J connectivity index is 2.10. The van der Waals surface area contributed by atoms with Crippen molar-refractivity contribution in [1.82, 2.24) is 0 Å². The molecule has 1 aliphatic carbocycles. The van der Waals surface area contributed by atoms with Crippen LogP contribution in [0.1, 0.15) is 25.3 Å². The van der Waals surface area contributed by atoms with Crippen LogP contribution in [0.2, 0.25) is 0 Å². The van der Waals surface area contributed by atoms with Gasteiger partial charge in [-0.2, -0.15) is 13.2 Å². The van der Waals surface area contributed by atoms with E-state index >= 15 is 0 Å². The van der Waals surface area contributed by atoms with Gasteiger partial charge in [-0.25, -0.2) is 0 Å². The van der Waals surface area contributed by atoms with E-state index in [9.17, 15) is 13.2 Å². The molecular formula is C13H16F3NS. The fourth-order valence-corrected chi connectivity index (χ4v) is 3.26. The zero-order valence-electron chi connectivity index (χ0n) is 10.3. The van der Waals surface area contributed by atoms with Crippen molar-refractivity contribution in [2.45, 2.75) is 30.2 Å². The Morgan fingerprint density at radius 1 is 1.22 bits per heavy atom. The first-order chi connectivity index (χ1) is 8.25. The van der Waals surface area contributed by atoms with Crippen molar-refractivity contribution in [2.75, 3.05) is 6.54 Å². The van der Waals surface area contributed by atoms with Gasteiger partial charge in [-0.05, 0) is 53.3 Å². The molecule has 1 aliphatic rings. The van der Waals surface area contributed by atoms with Gasteiger partial charge in [0.25, 0.3) is 0 Å². The quantitative estimate of drug-likeness (QED) is 0.844. The molecule has 0 unspecified atom stereocenters. The number of thioether (sulfide) groups is 1. The first-order valence-electron chi connectivity index (χ1n) is 5.81. The molecular weight excluding hydrogens is 259 g/mol. The molecule has 0 bridgehead atoms. The molecule has 1 fully saturated rings. The molecule has 0 aromatic heterocycles. The van der Waals surface area contributed by atoms with Crippen LogP contribution in [0.5, 0.6) is 0 Å². The molecule has 2 rings (SSSR count). The fraction of sp³-hybridized carbons (Fsp3) is 0.538. The van der Waals surface area contributed by atoms with E-state index in [2.05, 4.69) is 13.8 Å². The predicted molar refractivity (Wildman–Crippen MR) is 67.4 cm³/mol. The summed E-state index contributed by atoms with van der Waals surface area (Å²) in [7, 11) is 0. The molecule has 2 atom stereocenters. The maximum absolute atomic E-state index is 12.2. The van der Waals surface area contributed by atoms with Crippen LogP contribution in [-0.4, -0.2) is 12.1 Å². The predicted octanol–water partition coefficient (Wildman–Crippen LogP) is 4.00. The van der Waals surface area contributed by atoms with Gasteiger partial charge in [-0.1, -0.05) is 26.0 Å². The third-order valence-electron chi connectivity index (χ3n) is 3.78. The largest absolute Gasteiger partial charge is 0.446 e. The zero-order valence-corrected chi connectivity index (χ0v) is 11.1. The molecule has 0 heterocycles. The highest BCUT2D eigenvalue weighted by Crippen LogP contribution is 2.63. The molecule has 100 valence electrons. The smallest absolute Gasteiger partial charge is 0.330 e. The minimum atomic E-state index is -4.22. The lowest BCUT2D eigenvalue weighted by atomic mass is 10.0. The summed E-state index contributed by atoms with van der Waals surface area (Å²) < 4.78 is 36.6. The highest BCUT2D eigenvalue weighted by atomic mass is 32.2. The monoisotopic (exact) mass is 275 g/mol. The Kier molecular flexibility index (Phi) is 3.40. The van der Waals surface area contributed by atoms with Crippen LogP contribution in [0.3, 0.4) is 0 Å². The van der Waals surface area contributed by atoms with Crippen LogP contribution in [0, 0.1) is 11.3 Å². The number of hydrogen-bond acceptors (Lipinski definition) is 2. The number of nitrogens with two attached hydrogens (primary N) is 1. The van der Waals surface area contributed by atoms with Gasteiger partial charge in [-0.3, -0.25) is 0 Å². The molecule has 1 aromatic carbocycles. The van der Waals surface area contributed by atoms with Crippen molar-refractivity contribution in [2.24, 2.45) is 17.1 Å². The Labute approximate surface area is 109 Å². The highest BCUT2D eigenvalue weighted by Gasteiger charge is 2.57. The average Bonchev–Trinajstić information content (AvgIpc) is 2.79. The lowest BCUT2D eigenvalue weighted by Gasteiger charge is -2.07.